The Morgan fingerprint density at radius 3 is 2.24 bits per heavy atom. The van der Waals surface area contributed by atoms with Crippen molar-refractivity contribution in [3.63, 3.8) is 0 Å². The van der Waals surface area contributed by atoms with Crippen molar-refractivity contribution >= 4 is 11.6 Å². The summed E-state index contributed by atoms with van der Waals surface area (Å²) in [4.78, 5) is 14.2. The summed E-state index contributed by atoms with van der Waals surface area (Å²) in [5, 5.41) is 3.05. The van der Waals surface area contributed by atoms with Crippen LogP contribution in [0.2, 0.25) is 0 Å². The third-order valence-electron chi connectivity index (χ3n) is 4.43. The molecule has 0 bridgehead atoms. The zero-order valence-electron chi connectivity index (χ0n) is 13.7. The number of benzene rings is 1. The van der Waals surface area contributed by atoms with E-state index in [1.165, 1.54) is 18.5 Å². The molecule has 1 aliphatic rings. The number of nitrogens with zero attached hydrogens (tertiary/aromatic N) is 1. The molecule has 0 aliphatic carbocycles. The van der Waals surface area contributed by atoms with Crippen molar-refractivity contribution in [1.29, 1.82) is 0 Å². The molecule has 3 nitrogen and oxygen atoms in total. The molecule has 0 radical (unpaired) electrons. The van der Waals surface area contributed by atoms with Crippen molar-refractivity contribution in [1.82, 2.24) is 5.32 Å². The Morgan fingerprint density at radius 1 is 1.14 bits per heavy atom. The van der Waals surface area contributed by atoms with Gasteiger partial charge in [-0.1, -0.05) is 32.9 Å². The summed E-state index contributed by atoms with van der Waals surface area (Å²) in [5.74, 6) is 0.991. The molecule has 0 unspecified atom stereocenters. The highest BCUT2D eigenvalue weighted by molar-refractivity contribution is 5.78. The van der Waals surface area contributed by atoms with Gasteiger partial charge in [0.05, 0.1) is 6.04 Å². The van der Waals surface area contributed by atoms with Gasteiger partial charge in [0.25, 0.3) is 0 Å². The lowest BCUT2D eigenvalue weighted by Gasteiger charge is -2.32. The summed E-state index contributed by atoms with van der Waals surface area (Å²) >= 11 is 0. The lowest BCUT2D eigenvalue weighted by Crippen LogP contribution is -2.33. The molecule has 3 heteroatoms. The molecule has 0 aromatic heterocycles. The van der Waals surface area contributed by atoms with Crippen molar-refractivity contribution in [2.45, 2.75) is 46.6 Å². The van der Waals surface area contributed by atoms with Crippen molar-refractivity contribution < 1.29 is 4.79 Å². The molecule has 1 atom stereocenters. The van der Waals surface area contributed by atoms with Gasteiger partial charge in [-0.15, -0.1) is 0 Å². The van der Waals surface area contributed by atoms with Crippen LogP contribution >= 0.6 is 0 Å². The van der Waals surface area contributed by atoms with E-state index in [9.17, 15) is 4.79 Å². The minimum absolute atomic E-state index is 0.0297. The van der Waals surface area contributed by atoms with Gasteiger partial charge in [0.1, 0.15) is 0 Å². The van der Waals surface area contributed by atoms with Crippen LogP contribution in [0.5, 0.6) is 0 Å². The van der Waals surface area contributed by atoms with E-state index in [4.69, 9.17) is 0 Å². The van der Waals surface area contributed by atoms with Crippen LogP contribution in [0.3, 0.4) is 0 Å². The summed E-state index contributed by atoms with van der Waals surface area (Å²) in [6, 6.07) is 8.71. The van der Waals surface area contributed by atoms with E-state index < -0.39 is 0 Å². The lowest BCUT2D eigenvalue weighted by atomic mass is 9.98. The highest BCUT2D eigenvalue weighted by Crippen LogP contribution is 2.24. The number of carbonyl (C=O) groups is 1. The number of rotatable bonds is 4. The molecule has 2 rings (SSSR count). The van der Waals surface area contributed by atoms with Crippen molar-refractivity contribution in [2.24, 2.45) is 11.8 Å². The fraction of sp³-hybridized carbons (Fsp3) is 0.611. The van der Waals surface area contributed by atoms with Crippen LogP contribution < -0.4 is 10.2 Å². The van der Waals surface area contributed by atoms with E-state index in [0.717, 1.165) is 24.6 Å². The third kappa shape index (κ3) is 4.23. The van der Waals surface area contributed by atoms with Gasteiger partial charge in [0, 0.05) is 24.7 Å². The Balaban J connectivity index is 1.97. The van der Waals surface area contributed by atoms with Crippen molar-refractivity contribution in [3.8, 4) is 0 Å². The first kappa shape index (κ1) is 15.9. The quantitative estimate of drug-likeness (QED) is 0.915. The largest absolute Gasteiger partial charge is 0.372 e. The minimum atomic E-state index is 0.0297. The number of carbonyl (C=O) groups excluding carboxylic acids is 1. The molecule has 1 N–H and O–H groups in total. The van der Waals surface area contributed by atoms with Crippen LogP contribution in [0.1, 0.15) is 52.1 Å². The number of piperidine rings is 1. The first-order valence-electron chi connectivity index (χ1n) is 8.12. The van der Waals surface area contributed by atoms with E-state index in [1.807, 2.05) is 20.8 Å². The summed E-state index contributed by atoms with van der Waals surface area (Å²) in [5.41, 5.74) is 2.46. The Kier molecular flexibility index (Phi) is 5.27. The van der Waals surface area contributed by atoms with E-state index in [-0.39, 0.29) is 17.9 Å². The molecule has 116 valence electrons. The molecule has 1 aliphatic heterocycles. The summed E-state index contributed by atoms with van der Waals surface area (Å²) in [6.07, 6.45) is 2.56. The highest BCUT2D eigenvalue weighted by atomic mass is 16.1. The lowest BCUT2D eigenvalue weighted by molar-refractivity contribution is -0.124. The molecule has 1 aromatic rings. The van der Waals surface area contributed by atoms with Gasteiger partial charge in [-0.3, -0.25) is 4.79 Å². The fourth-order valence-corrected chi connectivity index (χ4v) is 2.70. The molecule has 1 amide bonds. The van der Waals surface area contributed by atoms with E-state index in [0.29, 0.717) is 0 Å². The molecule has 0 saturated carbocycles. The maximum Gasteiger partial charge on any atom is 0.223 e. The van der Waals surface area contributed by atoms with Crippen LogP contribution in [0.15, 0.2) is 24.3 Å². The second-order valence-electron chi connectivity index (χ2n) is 6.65. The molecular formula is C18H28N2O. The number of hydrogen-bond donors (Lipinski definition) is 1. The average molecular weight is 288 g/mol. The Bertz CT molecular complexity index is 459. The molecule has 1 fully saturated rings. The smallest absolute Gasteiger partial charge is 0.223 e. The zero-order valence-corrected chi connectivity index (χ0v) is 13.7. The second kappa shape index (κ2) is 6.97. The Morgan fingerprint density at radius 2 is 1.71 bits per heavy atom. The SMILES string of the molecule is CC1CCN(c2ccc([C@H](C)NC(=O)C(C)C)cc2)CC1. The minimum Gasteiger partial charge on any atom is -0.372 e. The van der Waals surface area contributed by atoms with Crippen LogP contribution in [-0.2, 0) is 4.79 Å². The Hall–Kier alpha value is -1.51. The number of anilines is 1. The summed E-state index contributed by atoms with van der Waals surface area (Å²) < 4.78 is 0. The molecule has 1 heterocycles. The predicted molar refractivity (Wildman–Crippen MR) is 88.4 cm³/mol. The third-order valence-corrected chi connectivity index (χ3v) is 4.43. The average Bonchev–Trinajstić information content (AvgIpc) is 2.48. The van der Waals surface area contributed by atoms with Gasteiger partial charge >= 0.3 is 0 Å². The monoisotopic (exact) mass is 288 g/mol. The van der Waals surface area contributed by atoms with E-state index >= 15 is 0 Å². The van der Waals surface area contributed by atoms with Crippen LogP contribution in [-0.4, -0.2) is 19.0 Å². The van der Waals surface area contributed by atoms with Gasteiger partial charge in [-0.25, -0.2) is 0 Å². The van der Waals surface area contributed by atoms with Crippen molar-refractivity contribution in [2.75, 3.05) is 18.0 Å². The molecule has 1 saturated heterocycles. The first-order chi connectivity index (χ1) is 9.97. The normalized spacial score (nSPS) is 17.9. The molecular weight excluding hydrogens is 260 g/mol. The fourth-order valence-electron chi connectivity index (χ4n) is 2.70. The molecule has 1 aromatic carbocycles. The molecule has 0 spiro atoms. The van der Waals surface area contributed by atoms with Gasteiger partial charge in [-0.2, -0.15) is 0 Å². The van der Waals surface area contributed by atoms with Gasteiger partial charge in [0.15, 0.2) is 0 Å². The van der Waals surface area contributed by atoms with Gasteiger partial charge in [0.2, 0.25) is 5.91 Å². The summed E-state index contributed by atoms with van der Waals surface area (Å²) in [6.45, 7) is 10.5. The van der Waals surface area contributed by atoms with Crippen LogP contribution in [0.25, 0.3) is 0 Å². The molecule has 21 heavy (non-hydrogen) atoms. The predicted octanol–water partition coefficient (Wildman–Crippen LogP) is 3.76. The zero-order chi connectivity index (χ0) is 15.4. The topological polar surface area (TPSA) is 32.3 Å². The first-order valence-corrected chi connectivity index (χ1v) is 8.12. The van der Waals surface area contributed by atoms with Gasteiger partial charge in [-0.05, 0) is 43.4 Å². The number of amides is 1. The maximum absolute atomic E-state index is 11.8. The number of nitrogens with one attached hydrogen (secondary N) is 1. The Labute approximate surface area is 128 Å². The van der Waals surface area contributed by atoms with Crippen LogP contribution in [0.4, 0.5) is 5.69 Å². The second-order valence-corrected chi connectivity index (χ2v) is 6.65. The standard InChI is InChI=1S/C18H28N2O/c1-13(2)18(21)19-15(4)16-5-7-17(8-6-16)20-11-9-14(3)10-12-20/h5-8,13-15H,9-12H2,1-4H3,(H,19,21)/t15-/m0/s1. The number of hydrogen-bond acceptors (Lipinski definition) is 2. The van der Waals surface area contributed by atoms with E-state index in [2.05, 4.69) is 41.4 Å². The summed E-state index contributed by atoms with van der Waals surface area (Å²) in [7, 11) is 0. The highest BCUT2D eigenvalue weighted by Gasteiger charge is 2.17. The maximum atomic E-state index is 11.8. The van der Waals surface area contributed by atoms with Crippen molar-refractivity contribution in [3.05, 3.63) is 29.8 Å². The van der Waals surface area contributed by atoms with E-state index in [1.54, 1.807) is 0 Å². The van der Waals surface area contributed by atoms with Gasteiger partial charge < -0.3 is 10.2 Å². The van der Waals surface area contributed by atoms with Crippen LogP contribution in [0, 0.1) is 11.8 Å².